The van der Waals surface area contributed by atoms with Crippen LogP contribution in [0.25, 0.3) is 11.5 Å². The van der Waals surface area contributed by atoms with Gasteiger partial charge in [-0.2, -0.15) is 4.98 Å². The minimum Gasteiger partial charge on any atom is -0.381 e. The van der Waals surface area contributed by atoms with Gasteiger partial charge in [-0.05, 0) is 18.9 Å². The van der Waals surface area contributed by atoms with Crippen LogP contribution in [0.1, 0.15) is 18.7 Å². The van der Waals surface area contributed by atoms with Gasteiger partial charge in [-0.15, -0.1) is 0 Å². The number of halogens is 2. The van der Waals surface area contributed by atoms with E-state index in [-0.39, 0.29) is 5.41 Å². The molecule has 0 aromatic carbocycles. The second-order valence-electron chi connectivity index (χ2n) is 5.00. The predicted molar refractivity (Wildman–Crippen MR) is 78.3 cm³/mol. The topological polar surface area (TPSA) is 87.1 Å². The van der Waals surface area contributed by atoms with E-state index in [1.807, 2.05) is 0 Å². The zero-order valence-corrected chi connectivity index (χ0v) is 12.7. The van der Waals surface area contributed by atoms with Crippen LogP contribution < -0.4 is 5.73 Å². The largest absolute Gasteiger partial charge is 0.381 e. The molecule has 1 aliphatic rings. The van der Waals surface area contributed by atoms with Gasteiger partial charge in [-0.1, -0.05) is 28.4 Å². The van der Waals surface area contributed by atoms with Crippen molar-refractivity contribution in [3.8, 4) is 11.5 Å². The van der Waals surface area contributed by atoms with E-state index in [1.54, 1.807) is 6.07 Å². The van der Waals surface area contributed by atoms with E-state index in [0.717, 1.165) is 12.8 Å². The van der Waals surface area contributed by atoms with Gasteiger partial charge in [0, 0.05) is 26.0 Å². The first-order valence-electron chi connectivity index (χ1n) is 6.58. The third kappa shape index (κ3) is 2.76. The molecule has 1 fully saturated rings. The summed E-state index contributed by atoms with van der Waals surface area (Å²) >= 11 is 11.9. The van der Waals surface area contributed by atoms with Crippen LogP contribution in [-0.2, 0) is 10.2 Å². The molecule has 2 N–H and O–H groups in total. The van der Waals surface area contributed by atoms with Crippen molar-refractivity contribution in [3.63, 3.8) is 0 Å². The Bertz CT molecular complexity index is 641. The fraction of sp³-hybridized carbons (Fsp3) is 0.462. The average molecular weight is 329 g/mol. The standard InChI is InChI=1S/C13H14Cl2N4O2/c14-8-5-9(15)10(17-6-8)11-18-12(21-19-11)13(7-16)1-3-20-4-2-13/h5-6H,1-4,7,16H2. The summed E-state index contributed by atoms with van der Waals surface area (Å²) in [4.78, 5) is 8.58. The lowest BCUT2D eigenvalue weighted by Crippen LogP contribution is -2.40. The van der Waals surface area contributed by atoms with Crippen molar-refractivity contribution in [2.24, 2.45) is 5.73 Å². The van der Waals surface area contributed by atoms with Crippen LogP contribution >= 0.6 is 23.2 Å². The van der Waals surface area contributed by atoms with Gasteiger partial charge in [0.25, 0.3) is 0 Å². The van der Waals surface area contributed by atoms with Crippen molar-refractivity contribution in [1.29, 1.82) is 0 Å². The Hall–Kier alpha value is -1.21. The van der Waals surface area contributed by atoms with Crippen molar-refractivity contribution in [3.05, 3.63) is 28.2 Å². The molecular formula is C13H14Cl2N4O2. The first-order chi connectivity index (χ1) is 10.1. The number of hydrogen-bond donors (Lipinski definition) is 1. The molecule has 1 saturated heterocycles. The van der Waals surface area contributed by atoms with Gasteiger partial charge >= 0.3 is 0 Å². The third-order valence-electron chi connectivity index (χ3n) is 3.74. The summed E-state index contributed by atoms with van der Waals surface area (Å²) in [6.07, 6.45) is 3.01. The molecule has 0 bridgehead atoms. The van der Waals surface area contributed by atoms with Crippen LogP contribution in [0.5, 0.6) is 0 Å². The number of rotatable bonds is 3. The monoisotopic (exact) mass is 328 g/mol. The molecule has 0 aliphatic carbocycles. The molecule has 3 rings (SSSR count). The fourth-order valence-electron chi connectivity index (χ4n) is 2.38. The van der Waals surface area contributed by atoms with Crippen LogP contribution in [-0.4, -0.2) is 34.9 Å². The molecule has 1 aliphatic heterocycles. The molecule has 6 nitrogen and oxygen atoms in total. The molecule has 0 amide bonds. The second kappa shape index (κ2) is 5.88. The van der Waals surface area contributed by atoms with Gasteiger partial charge in [0.1, 0.15) is 5.69 Å². The maximum Gasteiger partial charge on any atom is 0.234 e. The Morgan fingerprint density at radius 1 is 1.29 bits per heavy atom. The van der Waals surface area contributed by atoms with Crippen molar-refractivity contribution in [1.82, 2.24) is 15.1 Å². The normalized spacial score (nSPS) is 17.9. The van der Waals surface area contributed by atoms with Crippen LogP contribution in [0.2, 0.25) is 10.0 Å². The van der Waals surface area contributed by atoms with E-state index in [2.05, 4.69) is 15.1 Å². The summed E-state index contributed by atoms with van der Waals surface area (Å²) in [5.74, 6) is 0.849. The van der Waals surface area contributed by atoms with Crippen molar-refractivity contribution in [2.75, 3.05) is 19.8 Å². The van der Waals surface area contributed by atoms with Crippen molar-refractivity contribution < 1.29 is 9.26 Å². The highest BCUT2D eigenvalue weighted by atomic mass is 35.5. The number of nitrogens with zero attached hydrogens (tertiary/aromatic N) is 3. The average Bonchev–Trinajstić information content (AvgIpc) is 2.98. The molecule has 2 aromatic heterocycles. The lowest BCUT2D eigenvalue weighted by molar-refractivity contribution is 0.0409. The van der Waals surface area contributed by atoms with E-state index in [1.165, 1.54) is 6.20 Å². The quantitative estimate of drug-likeness (QED) is 0.931. The van der Waals surface area contributed by atoms with E-state index in [0.29, 0.717) is 47.2 Å². The van der Waals surface area contributed by atoms with Crippen LogP contribution in [0, 0.1) is 0 Å². The first kappa shape index (κ1) is 14.7. The lowest BCUT2D eigenvalue weighted by Gasteiger charge is -2.32. The second-order valence-corrected chi connectivity index (χ2v) is 5.85. The molecule has 0 unspecified atom stereocenters. The molecule has 3 heterocycles. The van der Waals surface area contributed by atoms with Crippen LogP contribution in [0.15, 0.2) is 16.8 Å². The van der Waals surface area contributed by atoms with Gasteiger partial charge in [-0.25, -0.2) is 4.98 Å². The molecule has 0 atom stereocenters. The van der Waals surface area contributed by atoms with Gasteiger partial charge in [0.2, 0.25) is 11.7 Å². The predicted octanol–water partition coefficient (Wildman–Crippen LogP) is 2.45. The molecule has 8 heteroatoms. The third-order valence-corrected chi connectivity index (χ3v) is 4.23. The van der Waals surface area contributed by atoms with Gasteiger partial charge in [0.15, 0.2) is 0 Å². The smallest absolute Gasteiger partial charge is 0.234 e. The maximum absolute atomic E-state index is 6.11. The molecule has 2 aromatic rings. The first-order valence-corrected chi connectivity index (χ1v) is 7.34. The molecular weight excluding hydrogens is 315 g/mol. The molecule has 0 spiro atoms. The zero-order chi connectivity index (χ0) is 14.9. The Balaban J connectivity index is 1.95. The summed E-state index contributed by atoms with van der Waals surface area (Å²) in [5.41, 5.74) is 6.03. The highest BCUT2D eigenvalue weighted by Gasteiger charge is 2.38. The summed E-state index contributed by atoms with van der Waals surface area (Å²) in [6.45, 7) is 1.70. The minimum absolute atomic E-state index is 0.331. The lowest BCUT2D eigenvalue weighted by atomic mass is 9.80. The van der Waals surface area contributed by atoms with Crippen molar-refractivity contribution in [2.45, 2.75) is 18.3 Å². The number of nitrogens with two attached hydrogens (primary N) is 1. The Labute approximate surface area is 131 Å². The van der Waals surface area contributed by atoms with E-state index >= 15 is 0 Å². The number of pyridine rings is 1. The molecule has 0 saturated carbocycles. The molecule has 112 valence electrons. The highest BCUT2D eigenvalue weighted by Crippen LogP contribution is 2.34. The van der Waals surface area contributed by atoms with Crippen LogP contribution in [0.3, 0.4) is 0 Å². The summed E-state index contributed by atoms with van der Waals surface area (Å²) in [6, 6.07) is 1.59. The summed E-state index contributed by atoms with van der Waals surface area (Å²) in [5, 5.41) is 4.80. The SMILES string of the molecule is NCC1(c2nc(-c3ncc(Cl)cc3Cl)no2)CCOCC1. The minimum atomic E-state index is -0.331. The summed E-state index contributed by atoms with van der Waals surface area (Å²) < 4.78 is 10.8. The number of ether oxygens (including phenoxy) is 1. The Kier molecular flexibility index (Phi) is 4.12. The number of aromatic nitrogens is 3. The molecule has 21 heavy (non-hydrogen) atoms. The van der Waals surface area contributed by atoms with E-state index in [4.69, 9.17) is 38.2 Å². The van der Waals surface area contributed by atoms with Crippen LogP contribution in [0.4, 0.5) is 0 Å². The van der Waals surface area contributed by atoms with Crippen molar-refractivity contribution >= 4 is 23.2 Å². The Morgan fingerprint density at radius 3 is 2.71 bits per heavy atom. The Morgan fingerprint density at radius 2 is 2.05 bits per heavy atom. The van der Waals surface area contributed by atoms with Gasteiger partial charge in [-0.3, -0.25) is 0 Å². The zero-order valence-electron chi connectivity index (χ0n) is 11.2. The van der Waals surface area contributed by atoms with Gasteiger partial charge < -0.3 is 15.0 Å². The van der Waals surface area contributed by atoms with Gasteiger partial charge in [0.05, 0.1) is 15.5 Å². The fourth-order valence-corrected chi connectivity index (χ4v) is 2.85. The van der Waals surface area contributed by atoms with E-state index < -0.39 is 0 Å². The molecule has 0 radical (unpaired) electrons. The van der Waals surface area contributed by atoms with E-state index in [9.17, 15) is 0 Å². The summed E-state index contributed by atoms with van der Waals surface area (Å²) in [7, 11) is 0. The highest BCUT2D eigenvalue weighted by molar-refractivity contribution is 6.35. The maximum atomic E-state index is 6.11. The number of hydrogen-bond acceptors (Lipinski definition) is 6.